The lowest BCUT2D eigenvalue weighted by atomic mass is 9.94. The van der Waals surface area contributed by atoms with Crippen molar-refractivity contribution >= 4 is 11.8 Å². The summed E-state index contributed by atoms with van der Waals surface area (Å²) in [4.78, 5) is 24.3. The number of ether oxygens (including phenoxy) is 11. The molecule has 0 aromatic rings. The molecule has 33 nitrogen and oxygen atoms in total. The Morgan fingerprint density at radius 1 is 0.329 bits per heavy atom. The minimum absolute atomic E-state index is 0.709. The molecule has 73 heavy (non-hydrogen) atoms. The zero-order valence-corrected chi connectivity index (χ0v) is 38.9. The molecule has 6 rings (SSSR count). The van der Waals surface area contributed by atoms with E-state index in [1.165, 1.54) is 0 Å². The van der Waals surface area contributed by atoms with E-state index in [1.54, 1.807) is 0 Å². The summed E-state index contributed by atoms with van der Waals surface area (Å²) in [5.74, 6) is -1.53. The highest BCUT2D eigenvalue weighted by Gasteiger charge is 2.58. The van der Waals surface area contributed by atoms with Gasteiger partial charge >= 0.3 is 0 Å². The van der Waals surface area contributed by atoms with Crippen LogP contribution in [0.5, 0.6) is 0 Å². The van der Waals surface area contributed by atoms with Gasteiger partial charge in [-0.05, 0) is 0 Å². The molecule has 6 heterocycles. The monoisotopic (exact) mass is 1070 g/mol. The van der Waals surface area contributed by atoms with Crippen molar-refractivity contribution in [2.24, 2.45) is 0 Å². The molecule has 6 saturated heterocycles. The predicted octanol–water partition coefficient (Wildman–Crippen LogP) is -13.8. The molecule has 6 fully saturated rings. The minimum atomic E-state index is -2.28. The molecule has 0 aromatic heterocycles. The van der Waals surface area contributed by atoms with Gasteiger partial charge in [0.2, 0.25) is 11.8 Å². The molecule has 0 aliphatic carbocycles. The summed E-state index contributed by atoms with van der Waals surface area (Å²) >= 11 is 0. The van der Waals surface area contributed by atoms with Gasteiger partial charge in [0.15, 0.2) is 37.7 Å². The van der Waals surface area contributed by atoms with Gasteiger partial charge in [0, 0.05) is 13.8 Å². The van der Waals surface area contributed by atoms with Gasteiger partial charge in [-0.1, -0.05) is 0 Å². The van der Waals surface area contributed by atoms with Crippen molar-refractivity contribution in [3.05, 3.63) is 0 Å². The largest absolute Gasteiger partial charge is 0.394 e. The van der Waals surface area contributed by atoms with Crippen molar-refractivity contribution in [1.29, 1.82) is 0 Å². The van der Waals surface area contributed by atoms with Crippen LogP contribution in [0.15, 0.2) is 0 Å². The summed E-state index contributed by atoms with van der Waals surface area (Å²) in [6.07, 6.45) is -54.5. The first-order chi connectivity index (χ1) is 34.5. The summed E-state index contributed by atoms with van der Waals surface area (Å²) in [6, 6.07) is -3.24. The van der Waals surface area contributed by atoms with Crippen LogP contribution in [-0.4, -0.2) is 327 Å². The molecular weight excluding hydrogens is 1000 g/mol. The Kier molecular flexibility index (Phi) is 21.3. The predicted molar refractivity (Wildman–Crippen MR) is 222 cm³/mol. The molecule has 0 unspecified atom stereocenters. The average molecular weight is 1070 g/mol. The molecule has 2 amide bonds. The van der Waals surface area contributed by atoms with E-state index in [9.17, 15) is 102 Å². The third-order valence-corrected chi connectivity index (χ3v) is 13.2. The van der Waals surface area contributed by atoms with Crippen LogP contribution >= 0.6 is 0 Å². The number of carbonyl (C=O) groups is 2. The summed E-state index contributed by atoms with van der Waals surface area (Å²) in [6.45, 7) is -3.83. The zero-order chi connectivity index (χ0) is 53.9. The number of aliphatic hydroxyl groups is 18. The number of carbonyl (C=O) groups excluding carboxylic acids is 2. The lowest BCUT2D eigenvalue weighted by molar-refractivity contribution is -0.406. The van der Waals surface area contributed by atoms with Gasteiger partial charge in [0.05, 0.1) is 39.6 Å². The van der Waals surface area contributed by atoms with Crippen LogP contribution in [0.3, 0.4) is 0 Å². The Morgan fingerprint density at radius 3 is 1.12 bits per heavy atom. The van der Waals surface area contributed by atoms with E-state index in [0.29, 0.717) is 0 Å². The van der Waals surface area contributed by atoms with Crippen molar-refractivity contribution in [3.8, 4) is 0 Å². The fraction of sp³-hybridized carbons (Fsp3) is 0.950. The highest BCUT2D eigenvalue weighted by molar-refractivity contribution is 5.73. The average Bonchev–Trinajstić information content (AvgIpc) is 3.36. The molecule has 0 aromatic carbocycles. The second-order valence-corrected chi connectivity index (χ2v) is 18.2. The fourth-order valence-electron chi connectivity index (χ4n) is 9.28. The Bertz CT molecular complexity index is 1750. The molecule has 6 aliphatic rings. The lowest BCUT2D eigenvalue weighted by Gasteiger charge is -2.50. The number of nitrogens with one attached hydrogen (secondary N) is 2. The summed E-state index contributed by atoms with van der Waals surface area (Å²) < 4.78 is 63.0. The van der Waals surface area contributed by atoms with E-state index in [1.807, 2.05) is 0 Å². The van der Waals surface area contributed by atoms with E-state index in [-0.39, 0.29) is 0 Å². The first-order valence-corrected chi connectivity index (χ1v) is 23.1. The molecule has 30 atom stereocenters. The minimum Gasteiger partial charge on any atom is -0.394 e. The highest BCUT2D eigenvalue weighted by atomic mass is 16.8. The van der Waals surface area contributed by atoms with Crippen molar-refractivity contribution in [1.82, 2.24) is 10.6 Å². The molecule has 0 spiro atoms. The van der Waals surface area contributed by atoms with E-state index in [2.05, 4.69) is 10.6 Å². The lowest BCUT2D eigenvalue weighted by Crippen LogP contribution is -2.70. The van der Waals surface area contributed by atoms with Gasteiger partial charge in [-0.15, -0.1) is 0 Å². The second-order valence-electron chi connectivity index (χ2n) is 18.2. The maximum Gasteiger partial charge on any atom is 0.217 e. The van der Waals surface area contributed by atoms with Crippen LogP contribution in [0.2, 0.25) is 0 Å². The van der Waals surface area contributed by atoms with Gasteiger partial charge in [0.1, 0.15) is 146 Å². The Morgan fingerprint density at radius 2 is 0.658 bits per heavy atom. The van der Waals surface area contributed by atoms with E-state index in [4.69, 9.17) is 52.1 Å². The smallest absolute Gasteiger partial charge is 0.217 e. The Balaban J connectivity index is 1.25. The molecule has 0 bridgehead atoms. The van der Waals surface area contributed by atoms with Crippen LogP contribution in [0.25, 0.3) is 0 Å². The molecule has 33 heteroatoms. The molecule has 0 radical (unpaired) electrons. The van der Waals surface area contributed by atoms with Crippen molar-refractivity contribution < 1.29 is 154 Å². The van der Waals surface area contributed by atoms with Crippen molar-refractivity contribution in [2.45, 2.75) is 198 Å². The third kappa shape index (κ3) is 12.9. The summed E-state index contributed by atoms with van der Waals surface area (Å²) in [5, 5.41) is 198. The first kappa shape index (κ1) is 60.0. The normalized spacial score (nSPS) is 49.8. The molecule has 20 N–H and O–H groups in total. The standard InChI is InChI=1S/C40H68N2O31/c1-9(49)41-17-23(55)30(15(7-47)63-35(17)62)69-36-18(42-10(2)50)24(56)31(16(8-48)68-36)70-38-29(61)32(22(54)14(6-46)65-38)71-39-34(27(59)21(53)12(4-44)66-39)73-40-33(26(58)20(52)13(5-45)67-40)72-37-28(60)25(57)19(51)11(3-43)64-37/h11-40,43-48,51-62H,3-8H2,1-2H3,(H,41,49)(H,42,50)/t11-,12-,13-,14-,15-,16-,17-,18-,19-,20-,21-,22-,23-,24-,25+,26+,27+,28+,29+,30-,31-,32+,33+,34+,35-,36+,37-,38+,39-,40-/m1/s1. The maximum atomic E-state index is 12.5. The van der Waals surface area contributed by atoms with Gasteiger partial charge in [-0.3, -0.25) is 9.59 Å². The third-order valence-electron chi connectivity index (χ3n) is 13.2. The fourth-order valence-corrected chi connectivity index (χ4v) is 9.28. The number of hydrogen-bond donors (Lipinski definition) is 20. The van der Waals surface area contributed by atoms with Gasteiger partial charge in [0.25, 0.3) is 0 Å². The number of hydrogen-bond acceptors (Lipinski definition) is 31. The number of aliphatic hydroxyl groups excluding tert-OH is 18. The van der Waals surface area contributed by atoms with Crippen LogP contribution < -0.4 is 10.6 Å². The highest BCUT2D eigenvalue weighted by Crippen LogP contribution is 2.37. The van der Waals surface area contributed by atoms with Crippen LogP contribution in [0.4, 0.5) is 0 Å². The van der Waals surface area contributed by atoms with Gasteiger partial charge in [-0.2, -0.15) is 0 Å². The van der Waals surface area contributed by atoms with Crippen LogP contribution in [0.1, 0.15) is 13.8 Å². The van der Waals surface area contributed by atoms with E-state index < -0.39 is 236 Å². The van der Waals surface area contributed by atoms with Crippen LogP contribution in [-0.2, 0) is 61.7 Å². The maximum absolute atomic E-state index is 12.5. The van der Waals surface area contributed by atoms with E-state index in [0.717, 1.165) is 13.8 Å². The SMILES string of the molecule is CC(=O)N[C@@H]1[C@@H](O)[C@H](O[C@@H]2O[C@H](CO)[C@@H](O[C@@H]3O[C@H](CO)[C@@H](O)[C@H](O[C@H]4O[C@H](CO)[C@@H](O)[C@H](O)[C@@H]4O[C@H]4O[C@H](CO)[C@@H](O)[C@H](O)[C@@H]4O[C@H]4O[C@H](CO)[C@@H](O)[C@H](O)[C@@H]4O)[C@@H]3O)[C@H](O)[C@H]2NC(C)=O)[C@@H](CO)O[C@H]1O. The Labute approximate surface area is 413 Å². The topological polar surface area (TPSA) is 524 Å². The Hall–Kier alpha value is -2.22. The van der Waals surface area contributed by atoms with E-state index >= 15 is 0 Å². The van der Waals surface area contributed by atoms with Gasteiger partial charge < -0.3 is 155 Å². The van der Waals surface area contributed by atoms with Crippen molar-refractivity contribution in [3.63, 3.8) is 0 Å². The van der Waals surface area contributed by atoms with Crippen molar-refractivity contribution in [2.75, 3.05) is 39.6 Å². The second kappa shape index (κ2) is 26.0. The zero-order valence-electron chi connectivity index (χ0n) is 38.9. The van der Waals surface area contributed by atoms with Gasteiger partial charge in [-0.25, -0.2) is 0 Å². The summed E-state index contributed by atoms with van der Waals surface area (Å²) in [5.41, 5.74) is 0. The molecular formula is C40H68N2O31. The first-order valence-electron chi connectivity index (χ1n) is 23.1. The summed E-state index contributed by atoms with van der Waals surface area (Å²) in [7, 11) is 0. The quantitative estimate of drug-likeness (QED) is 0.0606. The molecule has 0 saturated carbocycles. The van der Waals surface area contributed by atoms with Crippen LogP contribution in [0, 0.1) is 0 Å². The number of amides is 2. The number of rotatable bonds is 18. The molecule has 424 valence electrons. The molecule has 6 aliphatic heterocycles.